The number of hydrogen-bond acceptors (Lipinski definition) is 8. The SMILES string of the molecule is Nc1nc2c(ncn2[C@H]2C[C@H](OP(=O)(O)O)[C@@H](CO)O2)c(=O)[nH]1.[Na]. The number of nitrogens with one attached hydrogen (secondary N) is 1. The maximum absolute atomic E-state index is 11.7. The molecule has 0 amide bonds. The largest absolute Gasteiger partial charge is 0.469 e. The number of rotatable bonds is 4. The molecule has 3 atom stereocenters. The molecule has 1 fully saturated rings. The summed E-state index contributed by atoms with van der Waals surface area (Å²) in [6.07, 6.45) is -1.42. The Kier molecular flexibility index (Phi) is 5.85. The van der Waals surface area contributed by atoms with E-state index in [1.165, 1.54) is 10.9 Å². The van der Waals surface area contributed by atoms with Crippen LogP contribution in [0.5, 0.6) is 0 Å². The zero-order valence-corrected chi connectivity index (χ0v) is 15.5. The van der Waals surface area contributed by atoms with Gasteiger partial charge in [0.2, 0.25) is 5.95 Å². The molecule has 3 rings (SSSR count). The minimum Gasteiger partial charge on any atom is -0.394 e. The van der Waals surface area contributed by atoms with Gasteiger partial charge >= 0.3 is 7.82 Å². The number of fused-ring (bicyclic) bond motifs is 1. The van der Waals surface area contributed by atoms with Crippen LogP contribution in [0.1, 0.15) is 12.6 Å². The van der Waals surface area contributed by atoms with Crippen molar-refractivity contribution in [3.63, 3.8) is 0 Å². The van der Waals surface area contributed by atoms with Crippen LogP contribution in [0.4, 0.5) is 5.95 Å². The molecule has 1 aliphatic rings. The van der Waals surface area contributed by atoms with E-state index in [1.54, 1.807) is 0 Å². The van der Waals surface area contributed by atoms with Crippen molar-refractivity contribution in [1.29, 1.82) is 0 Å². The Morgan fingerprint density at radius 3 is 2.88 bits per heavy atom. The van der Waals surface area contributed by atoms with Gasteiger partial charge in [0.1, 0.15) is 18.4 Å². The van der Waals surface area contributed by atoms with E-state index in [-0.39, 0.29) is 53.1 Å². The van der Waals surface area contributed by atoms with Gasteiger partial charge in [-0.05, 0) is 0 Å². The normalized spacial score (nSPS) is 24.2. The molecule has 2 aromatic heterocycles. The number of hydrogen-bond donors (Lipinski definition) is 5. The van der Waals surface area contributed by atoms with Gasteiger partial charge in [-0.3, -0.25) is 18.9 Å². The molecule has 12 nitrogen and oxygen atoms in total. The Hall–Kier alpha value is -0.820. The van der Waals surface area contributed by atoms with Crippen molar-refractivity contribution in [2.75, 3.05) is 12.3 Å². The molecule has 24 heavy (non-hydrogen) atoms. The molecular weight excluding hydrogens is 356 g/mol. The van der Waals surface area contributed by atoms with Gasteiger partial charge in [0.05, 0.1) is 12.9 Å². The number of nitrogens with zero attached hydrogens (tertiary/aromatic N) is 3. The van der Waals surface area contributed by atoms with Crippen LogP contribution < -0.4 is 11.3 Å². The summed E-state index contributed by atoms with van der Waals surface area (Å²) in [5.74, 6) is -0.107. The molecule has 1 aliphatic heterocycles. The summed E-state index contributed by atoms with van der Waals surface area (Å²) in [7, 11) is -4.74. The summed E-state index contributed by atoms with van der Waals surface area (Å²) in [5.41, 5.74) is 5.18. The molecule has 0 aliphatic carbocycles. The third kappa shape index (κ3) is 3.87. The van der Waals surface area contributed by atoms with Crippen LogP contribution in [0.3, 0.4) is 0 Å². The monoisotopic (exact) mass is 370 g/mol. The van der Waals surface area contributed by atoms with Crippen molar-refractivity contribution >= 4 is 54.5 Å². The summed E-state index contributed by atoms with van der Waals surface area (Å²) in [5, 5.41) is 9.28. The molecular formula is C10H14N5NaO7P. The summed E-state index contributed by atoms with van der Waals surface area (Å²) in [4.78, 5) is 39.8. The molecule has 3 heterocycles. The topological polar surface area (TPSA) is 186 Å². The van der Waals surface area contributed by atoms with Crippen LogP contribution in [0, 0.1) is 0 Å². The number of H-pyrrole nitrogens is 1. The predicted octanol–water partition coefficient (Wildman–Crippen LogP) is -1.92. The van der Waals surface area contributed by atoms with Crippen LogP contribution in [0.2, 0.25) is 0 Å². The number of nitrogen functional groups attached to an aromatic ring is 1. The van der Waals surface area contributed by atoms with E-state index >= 15 is 0 Å². The standard InChI is InChI=1S/C10H14N5O7P.Na/c11-10-13-8-7(9(17)14-10)12-3-15(8)6-1-4(5(2-16)21-6)22-23(18,19)20;/h3-6,16H,1-2H2,(H2,18,19,20)(H3,11,13,14,17);/t4-,5+,6+;/m0./s1. The summed E-state index contributed by atoms with van der Waals surface area (Å²) >= 11 is 0. The van der Waals surface area contributed by atoms with E-state index in [1.807, 2.05) is 0 Å². The Bertz CT molecular complexity index is 835. The Labute approximate surface area is 156 Å². The van der Waals surface area contributed by atoms with E-state index in [4.69, 9.17) is 20.3 Å². The quantitative estimate of drug-likeness (QED) is 0.300. The Balaban J connectivity index is 0.00000208. The van der Waals surface area contributed by atoms with Crippen LogP contribution in [0.15, 0.2) is 11.1 Å². The van der Waals surface area contributed by atoms with Gasteiger partial charge in [-0.1, -0.05) is 0 Å². The number of aromatic nitrogens is 4. The number of aromatic amines is 1. The average Bonchev–Trinajstić information content (AvgIpc) is 3.00. The van der Waals surface area contributed by atoms with Crippen molar-refractivity contribution < 1.29 is 28.7 Å². The molecule has 14 heteroatoms. The third-order valence-corrected chi connectivity index (χ3v) is 3.94. The first kappa shape index (κ1) is 19.5. The van der Waals surface area contributed by atoms with E-state index in [9.17, 15) is 14.5 Å². The molecule has 1 saturated heterocycles. The number of anilines is 1. The average molecular weight is 370 g/mol. The van der Waals surface area contributed by atoms with Crippen molar-refractivity contribution in [2.45, 2.75) is 24.9 Å². The first-order valence-corrected chi connectivity index (χ1v) is 8.04. The fourth-order valence-corrected chi connectivity index (χ4v) is 3.05. The second-order valence-corrected chi connectivity index (χ2v) is 6.15. The van der Waals surface area contributed by atoms with E-state index in [0.717, 1.165) is 0 Å². The first-order chi connectivity index (χ1) is 10.8. The Morgan fingerprint density at radius 1 is 1.54 bits per heavy atom. The number of imidazole rings is 1. The first-order valence-electron chi connectivity index (χ1n) is 6.51. The zero-order chi connectivity index (χ0) is 16.8. The molecule has 127 valence electrons. The number of phosphoric ester groups is 1. The van der Waals surface area contributed by atoms with Crippen molar-refractivity contribution in [3.05, 3.63) is 16.7 Å². The number of aliphatic hydroxyl groups is 1. The third-order valence-electron chi connectivity index (χ3n) is 3.39. The van der Waals surface area contributed by atoms with Crippen molar-refractivity contribution in [1.82, 2.24) is 19.5 Å². The predicted molar refractivity (Wildman–Crippen MR) is 80.8 cm³/mol. The molecule has 0 spiro atoms. The summed E-state index contributed by atoms with van der Waals surface area (Å²) in [6.45, 7) is -0.496. The molecule has 0 saturated carbocycles. The van der Waals surface area contributed by atoms with Gasteiger partial charge in [0.25, 0.3) is 5.56 Å². The molecule has 6 N–H and O–H groups in total. The van der Waals surface area contributed by atoms with Crippen molar-refractivity contribution in [3.8, 4) is 0 Å². The zero-order valence-electron chi connectivity index (χ0n) is 12.6. The minimum atomic E-state index is -4.74. The van der Waals surface area contributed by atoms with Gasteiger partial charge in [-0.25, -0.2) is 9.55 Å². The van der Waals surface area contributed by atoms with E-state index in [0.29, 0.717) is 0 Å². The van der Waals surface area contributed by atoms with E-state index < -0.39 is 38.4 Å². The second kappa shape index (κ2) is 7.20. The minimum absolute atomic E-state index is 0. The van der Waals surface area contributed by atoms with Gasteiger partial charge in [0.15, 0.2) is 11.2 Å². The van der Waals surface area contributed by atoms with Crippen LogP contribution in [-0.2, 0) is 13.8 Å². The molecule has 1 radical (unpaired) electrons. The molecule has 2 aromatic rings. The fourth-order valence-electron chi connectivity index (χ4n) is 2.48. The van der Waals surface area contributed by atoms with E-state index in [2.05, 4.69) is 19.5 Å². The number of ether oxygens (including phenoxy) is 1. The summed E-state index contributed by atoms with van der Waals surface area (Å²) < 4.78 is 22.5. The second-order valence-electron chi connectivity index (χ2n) is 4.96. The molecule has 0 aromatic carbocycles. The number of nitrogens with two attached hydrogens (primary N) is 1. The summed E-state index contributed by atoms with van der Waals surface area (Å²) in [6, 6.07) is 0. The molecule has 0 bridgehead atoms. The van der Waals surface area contributed by atoms with Gasteiger partial charge < -0.3 is 25.4 Å². The maximum Gasteiger partial charge on any atom is 0.469 e. The van der Waals surface area contributed by atoms with Crippen LogP contribution in [-0.4, -0.2) is 82.8 Å². The van der Waals surface area contributed by atoms with Gasteiger partial charge in [-0.15, -0.1) is 0 Å². The van der Waals surface area contributed by atoms with Gasteiger partial charge in [-0.2, -0.15) is 4.98 Å². The van der Waals surface area contributed by atoms with Crippen LogP contribution >= 0.6 is 7.82 Å². The van der Waals surface area contributed by atoms with Gasteiger partial charge in [0, 0.05) is 36.0 Å². The smallest absolute Gasteiger partial charge is 0.394 e. The number of phosphoric acid groups is 1. The van der Waals surface area contributed by atoms with Crippen molar-refractivity contribution in [2.24, 2.45) is 0 Å². The number of aliphatic hydroxyl groups excluding tert-OH is 1. The maximum atomic E-state index is 11.7. The Morgan fingerprint density at radius 2 is 2.25 bits per heavy atom. The fraction of sp³-hybridized carbons (Fsp3) is 0.500. The van der Waals surface area contributed by atoms with Crippen LogP contribution in [0.25, 0.3) is 11.2 Å². The molecule has 0 unspecified atom stereocenters.